The van der Waals surface area contributed by atoms with Gasteiger partial charge in [-0.2, -0.15) is 0 Å². The quantitative estimate of drug-likeness (QED) is 0.295. The van der Waals surface area contributed by atoms with Crippen LogP contribution in [-0.4, -0.2) is 6.36 Å². The highest BCUT2D eigenvalue weighted by Crippen LogP contribution is 2.40. The summed E-state index contributed by atoms with van der Waals surface area (Å²) in [5, 5.41) is 0. The number of ether oxygens (including phenoxy) is 1. The zero-order valence-corrected chi connectivity index (χ0v) is 19.4. The van der Waals surface area contributed by atoms with Crippen LogP contribution in [0, 0.1) is 11.7 Å². The molecule has 0 spiro atoms. The van der Waals surface area contributed by atoms with Crippen molar-refractivity contribution in [1.82, 2.24) is 0 Å². The zero-order valence-electron chi connectivity index (χ0n) is 19.4. The minimum atomic E-state index is -4.69. The van der Waals surface area contributed by atoms with Crippen LogP contribution < -0.4 is 4.74 Å². The summed E-state index contributed by atoms with van der Waals surface area (Å²) in [4.78, 5) is 0. The van der Waals surface area contributed by atoms with Gasteiger partial charge in [0, 0.05) is 0 Å². The lowest BCUT2D eigenvalue weighted by molar-refractivity contribution is -0.274. The van der Waals surface area contributed by atoms with E-state index >= 15 is 4.39 Å². The van der Waals surface area contributed by atoms with Gasteiger partial charge in [0.15, 0.2) is 0 Å². The molecule has 1 fully saturated rings. The van der Waals surface area contributed by atoms with Crippen molar-refractivity contribution in [2.24, 2.45) is 5.92 Å². The second-order valence-corrected chi connectivity index (χ2v) is 9.91. The molecule has 0 N–H and O–H groups in total. The van der Waals surface area contributed by atoms with Gasteiger partial charge in [-0.25, -0.2) is 4.39 Å². The van der Waals surface area contributed by atoms with E-state index in [-0.39, 0.29) is 17.5 Å². The molecule has 2 aliphatic carbocycles. The van der Waals surface area contributed by atoms with E-state index in [1.54, 1.807) is 12.1 Å². The van der Waals surface area contributed by atoms with Gasteiger partial charge in [-0.1, -0.05) is 50.8 Å². The topological polar surface area (TPSA) is 9.23 Å². The van der Waals surface area contributed by atoms with Crippen LogP contribution in [0.4, 0.5) is 17.6 Å². The monoisotopic (exact) mass is 462 g/mol. The lowest BCUT2D eigenvalue weighted by Gasteiger charge is -2.30. The second kappa shape index (κ2) is 10.5. The van der Waals surface area contributed by atoms with Gasteiger partial charge in [-0.05, 0) is 103 Å². The van der Waals surface area contributed by atoms with Gasteiger partial charge in [0.1, 0.15) is 11.6 Å². The SMILES string of the molecule is CCCCCC1CCC(c2ccc(C3CCc4cc(OC(F)(F)F)ccc4C3)c(F)c2)CC1. The Kier molecular flexibility index (Phi) is 7.65. The predicted molar refractivity (Wildman–Crippen MR) is 123 cm³/mol. The number of hydrogen-bond donors (Lipinski definition) is 0. The van der Waals surface area contributed by atoms with Crippen LogP contribution in [0.15, 0.2) is 36.4 Å². The predicted octanol–water partition coefficient (Wildman–Crippen LogP) is 8.85. The van der Waals surface area contributed by atoms with Crippen LogP contribution >= 0.6 is 0 Å². The molecule has 0 aromatic heterocycles. The van der Waals surface area contributed by atoms with E-state index in [4.69, 9.17) is 0 Å². The fraction of sp³-hybridized carbons (Fsp3) is 0.571. The molecule has 0 amide bonds. The zero-order chi connectivity index (χ0) is 23.4. The smallest absolute Gasteiger partial charge is 0.406 e. The molecule has 2 aromatic rings. The summed E-state index contributed by atoms with van der Waals surface area (Å²) in [5.41, 5.74) is 3.69. The van der Waals surface area contributed by atoms with E-state index in [1.807, 2.05) is 6.07 Å². The summed E-state index contributed by atoms with van der Waals surface area (Å²) in [6.45, 7) is 2.24. The van der Waals surface area contributed by atoms with Gasteiger partial charge in [0.05, 0.1) is 0 Å². The molecule has 2 aliphatic rings. The average molecular weight is 463 g/mol. The molecular formula is C28H34F4O. The Bertz CT molecular complexity index is 928. The summed E-state index contributed by atoms with van der Waals surface area (Å²) in [5.74, 6) is 1.02. The van der Waals surface area contributed by atoms with Crippen molar-refractivity contribution in [3.05, 3.63) is 64.5 Å². The van der Waals surface area contributed by atoms with E-state index < -0.39 is 6.36 Å². The molecule has 0 radical (unpaired) electrons. The third-order valence-electron chi connectivity index (χ3n) is 7.64. The minimum Gasteiger partial charge on any atom is -0.406 e. The van der Waals surface area contributed by atoms with E-state index in [0.29, 0.717) is 18.8 Å². The van der Waals surface area contributed by atoms with Crippen LogP contribution in [0.5, 0.6) is 5.75 Å². The van der Waals surface area contributed by atoms with Gasteiger partial charge in [0.2, 0.25) is 0 Å². The Morgan fingerprint density at radius 1 is 0.879 bits per heavy atom. The number of aryl methyl sites for hydroxylation is 1. The van der Waals surface area contributed by atoms with Gasteiger partial charge < -0.3 is 4.74 Å². The Morgan fingerprint density at radius 3 is 2.36 bits per heavy atom. The molecule has 180 valence electrons. The van der Waals surface area contributed by atoms with Crippen LogP contribution in [-0.2, 0) is 12.8 Å². The molecule has 0 bridgehead atoms. The maximum Gasteiger partial charge on any atom is 0.573 e. The number of halogens is 4. The number of fused-ring (bicyclic) bond motifs is 1. The number of unbranched alkanes of at least 4 members (excludes halogenated alkanes) is 2. The third-order valence-corrected chi connectivity index (χ3v) is 7.64. The average Bonchev–Trinajstić information content (AvgIpc) is 2.78. The molecule has 2 aromatic carbocycles. The van der Waals surface area contributed by atoms with Crippen LogP contribution in [0.25, 0.3) is 0 Å². The van der Waals surface area contributed by atoms with E-state index in [9.17, 15) is 13.2 Å². The Balaban J connectivity index is 1.37. The standard InChI is InChI=1S/C28H34F4O/c1-2-3-4-5-19-6-8-20(9-7-19)23-13-15-26(27(29)18-23)24-11-10-22-17-25(33-28(30,31)32)14-12-21(22)16-24/h12-15,17-20,24H,2-11,16H2,1H3. The first-order valence-corrected chi connectivity index (χ1v) is 12.5. The van der Waals surface area contributed by atoms with E-state index in [1.165, 1.54) is 50.7 Å². The maximum absolute atomic E-state index is 15.2. The molecule has 1 saturated carbocycles. The van der Waals surface area contributed by atoms with Crippen LogP contribution in [0.2, 0.25) is 0 Å². The molecule has 0 heterocycles. The van der Waals surface area contributed by atoms with Gasteiger partial charge >= 0.3 is 6.36 Å². The first-order valence-electron chi connectivity index (χ1n) is 12.5. The van der Waals surface area contributed by atoms with Gasteiger partial charge in [0.25, 0.3) is 0 Å². The molecule has 1 nitrogen and oxygen atoms in total. The Hall–Kier alpha value is -2.04. The lowest BCUT2D eigenvalue weighted by Crippen LogP contribution is -2.18. The number of hydrogen-bond acceptors (Lipinski definition) is 1. The van der Waals surface area contributed by atoms with Crippen molar-refractivity contribution >= 4 is 0 Å². The molecule has 0 aliphatic heterocycles. The van der Waals surface area contributed by atoms with Crippen molar-refractivity contribution in [3.8, 4) is 5.75 Å². The number of rotatable bonds is 7. The molecule has 33 heavy (non-hydrogen) atoms. The number of benzene rings is 2. The molecular weight excluding hydrogens is 428 g/mol. The first kappa shape index (κ1) is 24.1. The maximum atomic E-state index is 15.2. The highest BCUT2D eigenvalue weighted by Gasteiger charge is 2.32. The highest BCUT2D eigenvalue weighted by molar-refractivity contribution is 5.40. The van der Waals surface area contributed by atoms with Crippen molar-refractivity contribution in [2.45, 2.75) is 95.8 Å². The first-order chi connectivity index (χ1) is 15.8. The molecule has 1 unspecified atom stereocenters. The summed E-state index contributed by atoms with van der Waals surface area (Å²) in [6.07, 6.45) is 7.34. The molecule has 0 saturated heterocycles. The van der Waals surface area contributed by atoms with Crippen molar-refractivity contribution in [1.29, 1.82) is 0 Å². The summed E-state index contributed by atoms with van der Waals surface area (Å²) in [6, 6.07) is 10.3. The Morgan fingerprint density at radius 2 is 1.67 bits per heavy atom. The third kappa shape index (κ3) is 6.30. The van der Waals surface area contributed by atoms with Crippen molar-refractivity contribution in [2.75, 3.05) is 0 Å². The van der Waals surface area contributed by atoms with Gasteiger partial charge in [-0.3, -0.25) is 0 Å². The Labute approximate surface area is 194 Å². The van der Waals surface area contributed by atoms with Crippen LogP contribution in [0.3, 0.4) is 0 Å². The lowest BCUT2D eigenvalue weighted by atomic mass is 9.76. The van der Waals surface area contributed by atoms with E-state index in [2.05, 4.69) is 17.7 Å². The minimum absolute atomic E-state index is 0.0511. The molecule has 4 rings (SSSR count). The highest BCUT2D eigenvalue weighted by atomic mass is 19.4. The van der Waals surface area contributed by atoms with E-state index in [0.717, 1.165) is 47.4 Å². The summed E-state index contributed by atoms with van der Waals surface area (Å²) < 4.78 is 56.7. The largest absolute Gasteiger partial charge is 0.573 e. The fourth-order valence-corrected chi connectivity index (χ4v) is 5.79. The fourth-order valence-electron chi connectivity index (χ4n) is 5.79. The molecule has 1 atom stereocenters. The van der Waals surface area contributed by atoms with Crippen molar-refractivity contribution < 1.29 is 22.3 Å². The normalized spacial score (nSPS) is 23.2. The van der Waals surface area contributed by atoms with Gasteiger partial charge in [-0.15, -0.1) is 13.2 Å². The second-order valence-electron chi connectivity index (χ2n) is 9.91. The summed E-state index contributed by atoms with van der Waals surface area (Å²) >= 11 is 0. The number of alkyl halides is 3. The summed E-state index contributed by atoms with van der Waals surface area (Å²) in [7, 11) is 0. The van der Waals surface area contributed by atoms with Crippen LogP contribution in [0.1, 0.15) is 98.8 Å². The van der Waals surface area contributed by atoms with Crippen molar-refractivity contribution in [3.63, 3.8) is 0 Å². The molecule has 5 heteroatoms.